The summed E-state index contributed by atoms with van der Waals surface area (Å²) in [6.45, 7) is 13.9. The lowest BCUT2D eigenvalue weighted by atomic mass is 10.1. The Morgan fingerprint density at radius 3 is 2.68 bits per heavy atom. The fourth-order valence-electron chi connectivity index (χ4n) is 2.36. The van der Waals surface area contributed by atoms with Gasteiger partial charge in [-0.2, -0.15) is 0 Å². The van der Waals surface area contributed by atoms with Crippen LogP contribution in [-0.2, 0) is 14.2 Å². The van der Waals surface area contributed by atoms with Gasteiger partial charge >= 0.3 is 0 Å². The summed E-state index contributed by atoms with van der Waals surface area (Å²) in [6, 6.07) is 0. The molecule has 1 rings (SSSR count). The van der Waals surface area contributed by atoms with E-state index in [1.807, 2.05) is 0 Å². The molecule has 7 heteroatoms. The van der Waals surface area contributed by atoms with Crippen LogP contribution in [0.25, 0.3) is 0 Å². The predicted octanol–water partition coefficient (Wildman–Crippen LogP) is 2.67. The van der Waals surface area contributed by atoms with Crippen LogP contribution in [0.3, 0.4) is 0 Å². The van der Waals surface area contributed by atoms with Crippen LogP contribution in [0.2, 0.25) is 0 Å². The standard InChI is InChI=1S/C18H37N3O3.HI/c1-4-19-18(20-8-5-10-22-13-16(2)3)21-9-6-11-23-14-17-7-12-24-15-17;/h16-17H,4-15H2,1-3H3,(H2,19,20,21);1H. The summed E-state index contributed by atoms with van der Waals surface area (Å²) in [5.41, 5.74) is 0. The first-order valence-corrected chi connectivity index (χ1v) is 9.47. The van der Waals surface area contributed by atoms with E-state index in [0.717, 1.165) is 84.5 Å². The number of ether oxygens (including phenoxy) is 3. The molecule has 0 aromatic rings. The second-order valence-electron chi connectivity index (χ2n) is 6.67. The molecule has 1 saturated heterocycles. The van der Waals surface area contributed by atoms with Crippen molar-refractivity contribution in [2.45, 2.75) is 40.0 Å². The topological polar surface area (TPSA) is 64.1 Å². The Bertz CT molecular complexity index is 325. The molecule has 1 aliphatic heterocycles. The highest BCUT2D eigenvalue weighted by Gasteiger charge is 2.15. The molecule has 0 aromatic carbocycles. The van der Waals surface area contributed by atoms with Gasteiger partial charge in [-0.3, -0.25) is 4.99 Å². The summed E-state index contributed by atoms with van der Waals surface area (Å²) in [6.07, 6.45) is 3.07. The van der Waals surface area contributed by atoms with Gasteiger partial charge in [0, 0.05) is 52.0 Å². The van der Waals surface area contributed by atoms with Crippen molar-refractivity contribution in [1.29, 1.82) is 0 Å². The molecular weight excluding hydrogens is 433 g/mol. The molecule has 150 valence electrons. The van der Waals surface area contributed by atoms with Gasteiger partial charge in [0.2, 0.25) is 0 Å². The third-order valence-electron chi connectivity index (χ3n) is 3.65. The van der Waals surface area contributed by atoms with Gasteiger partial charge < -0.3 is 24.8 Å². The summed E-state index contributed by atoms with van der Waals surface area (Å²) < 4.78 is 16.6. The van der Waals surface area contributed by atoms with E-state index in [9.17, 15) is 0 Å². The minimum atomic E-state index is 0. The zero-order valence-corrected chi connectivity index (χ0v) is 18.6. The average Bonchev–Trinajstić information content (AvgIpc) is 3.06. The molecular formula is C18H38IN3O3. The number of nitrogens with one attached hydrogen (secondary N) is 2. The Kier molecular flexibility index (Phi) is 17.2. The number of aliphatic imine (C=N–C) groups is 1. The fraction of sp³-hybridized carbons (Fsp3) is 0.944. The molecule has 0 amide bonds. The minimum absolute atomic E-state index is 0. The van der Waals surface area contributed by atoms with Crippen molar-refractivity contribution < 1.29 is 14.2 Å². The van der Waals surface area contributed by atoms with Gasteiger partial charge in [0.25, 0.3) is 0 Å². The second-order valence-corrected chi connectivity index (χ2v) is 6.67. The molecule has 25 heavy (non-hydrogen) atoms. The van der Waals surface area contributed by atoms with Crippen molar-refractivity contribution in [3.63, 3.8) is 0 Å². The summed E-state index contributed by atoms with van der Waals surface area (Å²) in [5.74, 6) is 2.07. The van der Waals surface area contributed by atoms with Gasteiger partial charge in [-0.05, 0) is 32.1 Å². The molecule has 0 radical (unpaired) electrons. The maximum atomic E-state index is 5.71. The Morgan fingerprint density at radius 1 is 1.20 bits per heavy atom. The quantitative estimate of drug-likeness (QED) is 0.187. The number of hydrogen-bond acceptors (Lipinski definition) is 4. The molecule has 1 atom stereocenters. The first-order valence-electron chi connectivity index (χ1n) is 9.47. The van der Waals surface area contributed by atoms with Gasteiger partial charge in [0.1, 0.15) is 0 Å². The molecule has 6 nitrogen and oxygen atoms in total. The fourth-order valence-corrected chi connectivity index (χ4v) is 2.36. The predicted molar refractivity (Wildman–Crippen MR) is 114 cm³/mol. The van der Waals surface area contributed by atoms with Crippen molar-refractivity contribution in [3.8, 4) is 0 Å². The first-order chi connectivity index (χ1) is 11.7. The lowest BCUT2D eigenvalue weighted by Crippen LogP contribution is -2.38. The van der Waals surface area contributed by atoms with Crippen LogP contribution in [0.4, 0.5) is 0 Å². The largest absolute Gasteiger partial charge is 0.381 e. The summed E-state index contributed by atoms with van der Waals surface area (Å²) in [4.78, 5) is 4.57. The van der Waals surface area contributed by atoms with Crippen LogP contribution < -0.4 is 10.6 Å². The smallest absolute Gasteiger partial charge is 0.191 e. The SMILES string of the molecule is CCNC(=NCCCOCC(C)C)NCCCOCC1CCOC1.I. The molecule has 1 heterocycles. The van der Waals surface area contributed by atoms with Gasteiger partial charge in [-0.1, -0.05) is 13.8 Å². The lowest BCUT2D eigenvalue weighted by Gasteiger charge is -2.12. The molecule has 2 N–H and O–H groups in total. The molecule has 0 aliphatic carbocycles. The van der Waals surface area contributed by atoms with Crippen LogP contribution in [0.5, 0.6) is 0 Å². The molecule has 0 bridgehead atoms. The van der Waals surface area contributed by atoms with Crippen molar-refractivity contribution >= 4 is 29.9 Å². The molecule has 1 fully saturated rings. The van der Waals surface area contributed by atoms with Crippen molar-refractivity contribution in [2.24, 2.45) is 16.8 Å². The van der Waals surface area contributed by atoms with Crippen LogP contribution in [0.15, 0.2) is 4.99 Å². The minimum Gasteiger partial charge on any atom is -0.381 e. The maximum absolute atomic E-state index is 5.71. The van der Waals surface area contributed by atoms with Crippen molar-refractivity contribution in [1.82, 2.24) is 10.6 Å². The molecule has 1 unspecified atom stereocenters. The van der Waals surface area contributed by atoms with Gasteiger partial charge in [-0.25, -0.2) is 0 Å². The van der Waals surface area contributed by atoms with E-state index < -0.39 is 0 Å². The Morgan fingerprint density at radius 2 is 2.00 bits per heavy atom. The van der Waals surface area contributed by atoms with E-state index in [0.29, 0.717) is 11.8 Å². The number of hydrogen-bond donors (Lipinski definition) is 2. The maximum Gasteiger partial charge on any atom is 0.191 e. The zero-order chi connectivity index (χ0) is 17.5. The van der Waals surface area contributed by atoms with E-state index in [4.69, 9.17) is 14.2 Å². The third kappa shape index (κ3) is 14.7. The number of rotatable bonds is 13. The monoisotopic (exact) mass is 471 g/mol. The summed E-state index contributed by atoms with van der Waals surface area (Å²) in [7, 11) is 0. The van der Waals surface area contributed by atoms with E-state index in [1.54, 1.807) is 0 Å². The van der Waals surface area contributed by atoms with Crippen molar-refractivity contribution in [2.75, 3.05) is 59.3 Å². The van der Waals surface area contributed by atoms with Gasteiger partial charge in [0.15, 0.2) is 5.96 Å². The Balaban J connectivity index is 0.00000576. The number of halogens is 1. The highest BCUT2D eigenvalue weighted by Crippen LogP contribution is 2.12. The highest BCUT2D eigenvalue weighted by molar-refractivity contribution is 14.0. The van der Waals surface area contributed by atoms with Gasteiger partial charge in [0.05, 0.1) is 13.2 Å². The molecule has 0 saturated carbocycles. The number of guanidine groups is 1. The number of nitrogens with zero attached hydrogens (tertiary/aromatic N) is 1. The third-order valence-corrected chi connectivity index (χ3v) is 3.65. The van der Waals surface area contributed by atoms with E-state index in [2.05, 4.69) is 36.4 Å². The highest BCUT2D eigenvalue weighted by atomic mass is 127. The molecule has 0 aromatic heterocycles. The molecule has 1 aliphatic rings. The average molecular weight is 471 g/mol. The second kappa shape index (κ2) is 17.3. The normalized spacial score (nSPS) is 17.6. The van der Waals surface area contributed by atoms with Crippen LogP contribution >= 0.6 is 24.0 Å². The summed E-state index contributed by atoms with van der Waals surface area (Å²) in [5, 5.41) is 6.62. The van der Waals surface area contributed by atoms with E-state index >= 15 is 0 Å². The van der Waals surface area contributed by atoms with E-state index in [1.165, 1.54) is 0 Å². The van der Waals surface area contributed by atoms with Crippen molar-refractivity contribution in [3.05, 3.63) is 0 Å². The summed E-state index contributed by atoms with van der Waals surface area (Å²) >= 11 is 0. The van der Waals surface area contributed by atoms with Crippen LogP contribution in [0, 0.1) is 11.8 Å². The zero-order valence-electron chi connectivity index (χ0n) is 16.2. The van der Waals surface area contributed by atoms with Gasteiger partial charge in [-0.15, -0.1) is 24.0 Å². The Hall–Kier alpha value is -0.120. The Labute approximate surface area is 170 Å². The molecule has 0 spiro atoms. The van der Waals surface area contributed by atoms with E-state index in [-0.39, 0.29) is 24.0 Å². The van der Waals surface area contributed by atoms with Crippen LogP contribution in [0.1, 0.15) is 40.0 Å². The first kappa shape index (κ1) is 24.9. The lowest BCUT2D eigenvalue weighted by molar-refractivity contribution is 0.0888. The van der Waals surface area contributed by atoms with Crippen LogP contribution in [-0.4, -0.2) is 65.2 Å².